The van der Waals surface area contributed by atoms with Gasteiger partial charge in [0.25, 0.3) is 0 Å². The topological polar surface area (TPSA) is 0 Å². The third-order valence-corrected chi connectivity index (χ3v) is 5.32. The van der Waals surface area contributed by atoms with Gasteiger partial charge in [-0.1, -0.05) is 73.8 Å². The van der Waals surface area contributed by atoms with Crippen molar-refractivity contribution in [3.8, 4) is 0 Å². The maximum atomic E-state index is 14.1. The molecule has 21 heavy (non-hydrogen) atoms. The number of alkyl halides is 1. The van der Waals surface area contributed by atoms with E-state index in [4.69, 9.17) is 11.6 Å². The minimum absolute atomic E-state index is 0.255. The lowest BCUT2D eigenvalue weighted by molar-refractivity contribution is 0.614. The lowest BCUT2D eigenvalue weighted by atomic mass is 9.98. The first-order chi connectivity index (χ1) is 10.1. The van der Waals surface area contributed by atoms with E-state index in [1.165, 1.54) is 6.07 Å². The Morgan fingerprint density at radius 2 is 1.62 bits per heavy atom. The van der Waals surface area contributed by atoms with Crippen LogP contribution in [-0.4, -0.2) is 0 Å². The predicted molar refractivity (Wildman–Crippen MR) is 93.8 cm³/mol. The van der Waals surface area contributed by atoms with Crippen LogP contribution in [0, 0.1) is 5.82 Å². The van der Waals surface area contributed by atoms with Crippen molar-refractivity contribution in [1.82, 2.24) is 0 Å². The van der Waals surface area contributed by atoms with Crippen LogP contribution in [-0.2, 0) is 0 Å². The first-order valence-electron chi connectivity index (χ1n) is 6.34. The van der Waals surface area contributed by atoms with E-state index in [-0.39, 0.29) is 10.6 Å². The van der Waals surface area contributed by atoms with Gasteiger partial charge < -0.3 is 0 Å². The maximum Gasteiger partial charge on any atom is 0.127 e. The highest BCUT2D eigenvalue weighted by Crippen LogP contribution is 2.39. The normalized spacial score (nSPS) is 12.6. The molecule has 0 aliphatic rings. The summed E-state index contributed by atoms with van der Waals surface area (Å²) in [6.07, 6.45) is 0. The minimum Gasteiger partial charge on any atom is -0.207 e. The van der Waals surface area contributed by atoms with Crippen LogP contribution in [0.5, 0.6) is 0 Å². The molecule has 0 amide bonds. The van der Waals surface area contributed by atoms with Gasteiger partial charge in [0.05, 0.1) is 4.83 Å². The average Bonchev–Trinajstić information content (AvgIpc) is 2.50. The molecule has 3 aromatic rings. The van der Waals surface area contributed by atoms with Crippen molar-refractivity contribution in [2.75, 3.05) is 0 Å². The first-order valence-corrected chi connectivity index (χ1v) is 8.43. The zero-order valence-electron chi connectivity index (χ0n) is 10.8. The Bertz CT molecular complexity index is 817. The molecule has 0 nitrogen and oxygen atoms in total. The molecule has 0 radical (unpaired) electrons. The second-order valence-corrected chi connectivity index (χ2v) is 6.92. The summed E-state index contributed by atoms with van der Waals surface area (Å²) in [5.74, 6) is -0.270. The van der Waals surface area contributed by atoms with Gasteiger partial charge in [-0.2, -0.15) is 0 Å². The summed E-state index contributed by atoms with van der Waals surface area (Å²) in [5.41, 5.74) is 1.55. The monoisotopic (exact) mass is 426 g/mol. The van der Waals surface area contributed by atoms with Gasteiger partial charge in [-0.25, -0.2) is 4.39 Å². The van der Waals surface area contributed by atoms with Gasteiger partial charge in [0.2, 0.25) is 0 Å². The number of fused-ring (bicyclic) bond motifs is 1. The second kappa shape index (κ2) is 6.07. The van der Waals surface area contributed by atoms with Gasteiger partial charge in [-0.15, -0.1) is 0 Å². The van der Waals surface area contributed by atoms with Crippen LogP contribution in [0.3, 0.4) is 0 Å². The summed E-state index contributed by atoms with van der Waals surface area (Å²) in [6, 6.07) is 16.6. The number of hydrogen-bond donors (Lipinski definition) is 0. The van der Waals surface area contributed by atoms with E-state index in [1.807, 2.05) is 36.4 Å². The van der Waals surface area contributed by atoms with Crippen LogP contribution >= 0.6 is 43.5 Å². The Kier molecular flexibility index (Phi) is 4.34. The van der Waals surface area contributed by atoms with E-state index >= 15 is 0 Å². The summed E-state index contributed by atoms with van der Waals surface area (Å²) >= 11 is 13.2. The molecule has 0 fully saturated rings. The first kappa shape index (κ1) is 15.0. The molecule has 0 N–H and O–H groups in total. The smallest absolute Gasteiger partial charge is 0.127 e. The molecule has 3 aromatic carbocycles. The average molecular weight is 429 g/mol. The molecular formula is C17H10Br2ClF. The number of halogens is 4. The summed E-state index contributed by atoms with van der Waals surface area (Å²) in [6.45, 7) is 0. The van der Waals surface area contributed by atoms with Gasteiger partial charge in [-0.3, -0.25) is 0 Å². The van der Waals surface area contributed by atoms with E-state index in [2.05, 4.69) is 31.9 Å². The highest BCUT2D eigenvalue weighted by Gasteiger charge is 2.18. The SMILES string of the molecule is Fc1ccc(Cl)cc1C(Br)c1ccc(Br)c2ccccc12. The van der Waals surface area contributed by atoms with Crippen LogP contribution in [0.4, 0.5) is 4.39 Å². The summed E-state index contributed by atoms with van der Waals surface area (Å²) in [5, 5.41) is 2.70. The van der Waals surface area contributed by atoms with Gasteiger partial charge in [0.1, 0.15) is 5.82 Å². The van der Waals surface area contributed by atoms with Gasteiger partial charge in [0, 0.05) is 15.1 Å². The quantitative estimate of drug-likeness (QED) is 0.390. The van der Waals surface area contributed by atoms with Crippen LogP contribution in [0.2, 0.25) is 5.02 Å². The molecule has 4 heteroatoms. The Labute approximate surface area is 144 Å². The molecule has 0 aliphatic heterocycles. The largest absolute Gasteiger partial charge is 0.207 e. The summed E-state index contributed by atoms with van der Waals surface area (Å²) in [7, 11) is 0. The zero-order valence-corrected chi connectivity index (χ0v) is 14.7. The van der Waals surface area contributed by atoms with E-state index in [0.29, 0.717) is 10.6 Å². The third kappa shape index (κ3) is 2.87. The van der Waals surface area contributed by atoms with Gasteiger partial charge >= 0.3 is 0 Å². The van der Waals surface area contributed by atoms with Gasteiger partial charge in [0.15, 0.2) is 0 Å². The number of benzene rings is 3. The van der Waals surface area contributed by atoms with Crippen LogP contribution in [0.25, 0.3) is 10.8 Å². The molecule has 1 unspecified atom stereocenters. The van der Waals surface area contributed by atoms with E-state index < -0.39 is 0 Å². The highest BCUT2D eigenvalue weighted by atomic mass is 79.9. The zero-order chi connectivity index (χ0) is 15.0. The maximum absolute atomic E-state index is 14.1. The van der Waals surface area contributed by atoms with Crippen LogP contribution in [0.1, 0.15) is 16.0 Å². The minimum atomic E-state index is -0.270. The molecule has 1 atom stereocenters. The fourth-order valence-corrected chi connectivity index (χ4v) is 3.79. The molecule has 0 bridgehead atoms. The Morgan fingerprint density at radius 1 is 0.905 bits per heavy atom. The Hall–Kier alpha value is -0.900. The molecule has 106 valence electrons. The van der Waals surface area contributed by atoms with Gasteiger partial charge in [-0.05, 0) is 40.6 Å². The van der Waals surface area contributed by atoms with Crippen molar-refractivity contribution in [3.05, 3.63) is 81.0 Å². The van der Waals surface area contributed by atoms with Crippen molar-refractivity contribution in [3.63, 3.8) is 0 Å². The fraction of sp³-hybridized carbons (Fsp3) is 0.0588. The highest BCUT2D eigenvalue weighted by molar-refractivity contribution is 9.10. The summed E-state index contributed by atoms with van der Waals surface area (Å²) < 4.78 is 15.1. The third-order valence-electron chi connectivity index (χ3n) is 3.41. The predicted octanol–water partition coefficient (Wildman–Crippen LogP) is 6.88. The molecular weight excluding hydrogens is 418 g/mol. The molecule has 0 aliphatic carbocycles. The van der Waals surface area contributed by atoms with Crippen LogP contribution in [0.15, 0.2) is 59.1 Å². The molecule has 3 rings (SSSR count). The fourth-order valence-electron chi connectivity index (χ4n) is 2.38. The second-order valence-electron chi connectivity index (χ2n) is 4.71. The number of hydrogen-bond acceptors (Lipinski definition) is 0. The van der Waals surface area contributed by atoms with Crippen molar-refractivity contribution in [2.24, 2.45) is 0 Å². The lowest BCUT2D eigenvalue weighted by Crippen LogP contribution is -1.98. The number of rotatable bonds is 2. The van der Waals surface area contributed by atoms with E-state index in [1.54, 1.807) is 12.1 Å². The molecule has 0 spiro atoms. The van der Waals surface area contributed by atoms with Crippen molar-refractivity contribution >= 4 is 54.2 Å². The van der Waals surface area contributed by atoms with Crippen molar-refractivity contribution in [2.45, 2.75) is 4.83 Å². The molecule has 0 heterocycles. The lowest BCUT2D eigenvalue weighted by Gasteiger charge is -2.15. The Morgan fingerprint density at radius 3 is 2.38 bits per heavy atom. The molecule has 0 saturated heterocycles. The van der Waals surface area contributed by atoms with Crippen molar-refractivity contribution in [1.29, 1.82) is 0 Å². The summed E-state index contributed by atoms with van der Waals surface area (Å²) in [4.78, 5) is -0.255. The standard InChI is InChI=1S/C17H10Br2ClF/c18-15-7-6-13(11-3-1-2-4-12(11)15)17(19)14-9-10(20)5-8-16(14)21/h1-9,17H. The molecule has 0 aromatic heterocycles. The van der Waals surface area contributed by atoms with Crippen molar-refractivity contribution < 1.29 is 4.39 Å². The van der Waals surface area contributed by atoms with Crippen LogP contribution < -0.4 is 0 Å². The Balaban J connectivity index is 2.20. The van der Waals surface area contributed by atoms with E-state index in [9.17, 15) is 4.39 Å². The molecule has 0 saturated carbocycles. The van der Waals surface area contributed by atoms with E-state index in [0.717, 1.165) is 20.8 Å².